The zero-order chi connectivity index (χ0) is 18.6. The summed E-state index contributed by atoms with van der Waals surface area (Å²) in [6.07, 6.45) is 1.81. The lowest BCUT2D eigenvalue weighted by Gasteiger charge is -2.36. The minimum atomic E-state index is 0.173. The number of likely N-dealkylation sites (N-methyl/N-ethyl adjacent to an activating group) is 1. The third-order valence-electron chi connectivity index (χ3n) is 5.15. The van der Waals surface area contributed by atoms with Crippen molar-refractivity contribution in [1.29, 1.82) is 0 Å². The van der Waals surface area contributed by atoms with E-state index >= 15 is 0 Å². The quantitative estimate of drug-likeness (QED) is 0.717. The summed E-state index contributed by atoms with van der Waals surface area (Å²) < 4.78 is 0. The van der Waals surface area contributed by atoms with Gasteiger partial charge in [0.15, 0.2) is 0 Å². The average molecular weight is 360 g/mol. The summed E-state index contributed by atoms with van der Waals surface area (Å²) in [4.78, 5) is 23.4. The summed E-state index contributed by atoms with van der Waals surface area (Å²) in [6.45, 7) is 3.51. The Balaban J connectivity index is 1.36. The molecule has 1 aliphatic heterocycles. The Morgan fingerprint density at radius 1 is 0.963 bits per heavy atom. The summed E-state index contributed by atoms with van der Waals surface area (Å²) in [6, 6.07) is 20.6. The second-order valence-electron chi connectivity index (χ2n) is 6.94. The number of anilines is 2. The number of aromatic nitrogens is 1. The number of carbonyl (C=O) groups excluding carboxylic acids is 1. The Labute approximate surface area is 159 Å². The monoisotopic (exact) mass is 360 g/mol. The number of fused-ring (bicyclic) bond motifs is 1. The minimum absolute atomic E-state index is 0.173. The predicted molar refractivity (Wildman–Crippen MR) is 110 cm³/mol. The molecular weight excluding hydrogens is 336 g/mol. The fraction of sp³-hybridized carbons (Fsp3) is 0.273. The molecule has 1 amide bonds. The van der Waals surface area contributed by atoms with Crippen LogP contribution in [0.4, 0.5) is 11.5 Å². The number of hydrogen-bond acceptors (Lipinski definition) is 4. The Morgan fingerprint density at radius 3 is 2.44 bits per heavy atom. The number of nitrogens with zero attached hydrogens (tertiary/aromatic N) is 4. The van der Waals surface area contributed by atoms with Gasteiger partial charge in [0, 0.05) is 45.1 Å². The molecule has 4 rings (SSSR count). The minimum Gasteiger partial charge on any atom is -0.365 e. The summed E-state index contributed by atoms with van der Waals surface area (Å²) in [5.41, 5.74) is 1.06. The van der Waals surface area contributed by atoms with Crippen LogP contribution in [0.15, 0.2) is 66.9 Å². The topological polar surface area (TPSA) is 39.7 Å². The van der Waals surface area contributed by atoms with Crippen molar-refractivity contribution in [3.05, 3.63) is 66.9 Å². The van der Waals surface area contributed by atoms with Crippen molar-refractivity contribution in [2.75, 3.05) is 49.6 Å². The van der Waals surface area contributed by atoms with Crippen LogP contribution in [0.1, 0.15) is 0 Å². The molecule has 27 heavy (non-hydrogen) atoms. The maximum atomic E-state index is 12.7. The summed E-state index contributed by atoms with van der Waals surface area (Å²) in [5, 5.41) is 2.41. The van der Waals surface area contributed by atoms with Crippen LogP contribution in [0.5, 0.6) is 0 Å². The molecule has 0 N–H and O–H groups in total. The first kappa shape index (κ1) is 17.3. The van der Waals surface area contributed by atoms with Gasteiger partial charge in [0.2, 0.25) is 5.91 Å². The number of pyridine rings is 1. The lowest BCUT2D eigenvalue weighted by Crippen LogP contribution is -2.51. The van der Waals surface area contributed by atoms with Gasteiger partial charge in [-0.3, -0.25) is 4.79 Å². The Hall–Kier alpha value is -3.08. The largest absolute Gasteiger partial charge is 0.365 e. The number of rotatable bonds is 4. The molecule has 5 nitrogen and oxygen atoms in total. The molecule has 0 atom stereocenters. The molecule has 0 radical (unpaired) electrons. The zero-order valence-corrected chi connectivity index (χ0v) is 15.6. The lowest BCUT2D eigenvalue weighted by atomic mass is 10.1. The molecule has 0 spiro atoms. The fourth-order valence-corrected chi connectivity index (χ4v) is 3.53. The molecule has 2 aromatic carbocycles. The first-order chi connectivity index (χ1) is 13.2. The number of hydrogen-bond donors (Lipinski definition) is 0. The molecule has 0 bridgehead atoms. The van der Waals surface area contributed by atoms with Crippen molar-refractivity contribution < 1.29 is 4.79 Å². The zero-order valence-electron chi connectivity index (χ0n) is 15.6. The first-order valence-electron chi connectivity index (χ1n) is 9.34. The molecular formula is C22H24N4O. The van der Waals surface area contributed by atoms with E-state index < -0.39 is 0 Å². The highest BCUT2D eigenvalue weighted by Gasteiger charge is 2.22. The number of amides is 1. The van der Waals surface area contributed by atoms with Crippen LogP contribution in [-0.2, 0) is 4.79 Å². The lowest BCUT2D eigenvalue weighted by molar-refractivity contribution is -0.129. The van der Waals surface area contributed by atoms with Gasteiger partial charge in [-0.2, -0.15) is 0 Å². The van der Waals surface area contributed by atoms with Crippen LogP contribution >= 0.6 is 0 Å². The summed E-state index contributed by atoms with van der Waals surface area (Å²) in [7, 11) is 1.98. The Morgan fingerprint density at radius 2 is 1.70 bits per heavy atom. The maximum absolute atomic E-state index is 12.7. The van der Waals surface area contributed by atoms with Crippen molar-refractivity contribution in [2.24, 2.45) is 0 Å². The number of piperazine rings is 1. The predicted octanol–water partition coefficient (Wildman–Crippen LogP) is 3.02. The SMILES string of the molecule is CN(CC(=O)N1CCN(c2ccccn2)CC1)c1ccc2ccccc2c1. The Bertz CT molecular complexity index is 920. The van der Waals surface area contributed by atoms with Crippen molar-refractivity contribution in [1.82, 2.24) is 9.88 Å². The molecule has 0 saturated carbocycles. The van der Waals surface area contributed by atoms with Crippen molar-refractivity contribution in [2.45, 2.75) is 0 Å². The number of benzene rings is 2. The Kier molecular flexibility index (Phi) is 4.92. The molecule has 2 heterocycles. The van der Waals surface area contributed by atoms with Crippen LogP contribution in [0.25, 0.3) is 10.8 Å². The van der Waals surface area contributed by atoms with Crippen LogP contribution in [-0.4, -0.2) is 55.6 Å². The van der Waals surface area contributed by atoms with Gasteiger partial charge in [-0.15, -0.1) is 0 Å². The second-order valence-corrected chi connectivity index (χ2v) is 6.94. The first-order valence-corrected chi connectivity index (χ1v) is 9.34. The van der Waals surface area contributed by atoms with Gasteiger partial charge in [-0.1, -0.05) is 36.4 Å². The van der Waals surface area contributed by atoms with E-state index in [1.165, 1.54) is 10.8 Å². The average Bonchev–Trinajstić information content (AvgIpc) is 2.74. The summed E-state index contributed by atoms with van der Waals surface area (Å²) in [5.74, 6) is 1.16. The highest BCUT2D eigenvalue weighted by Crippen LogP contribution is 2.21. The van der Waals surface area contributed by atoms with E-state index in [0.717, 1.165) is 37.7 Å². The summed E-state index contributed by atoms with van der Waals surface area (Å²) >= 11 is 0. The fourth-order valence-electron chi connectivity index (χ4n) is 3.53. The number of carbonyl (C=O) groups is 1. The van der Waals surface area contributed by atoms with E-state index in [9.17, 15) is 4.79 Å². The van der Waals surface area contributed by atoms with Crippen molar-refractivity contribution in [3.63, 3.8) is 0 Å². The molecule has 138 valence electrons. The van der Waals surface area contributed by atoms with Crippen LogP contribution < -0.4 is 9.80 Å². The van der Waals surface area contributed by atoms with Gasteiger partial charge >= 0.3 is 0 Å². The highest BCUT2D eigenvalue weighted by atomic mass is 16.2. The molecule has 5 heteroatoms. The highest BCUT2D eigenvalue weighted by molar-refractivity contribution is 5.87. The van der Waals surface area contributed by atoms with Crippen molar-refractivity contribution in [3.8, 4) is 0 Å². The van der Waals surface area contributed by atoms with Gasteiger partial charge in [0.05, 0.1) is 6.54 Å². The van der Waals surface area contributed by atoms with E-state index in [-0.39, 0.29) is 5.91 Å². The van der Waals surface area contributed by atoms with E-state index in [0.29, 0.717) is 6.54 Å². The molecule has 1 aliphatic rings. The van der Waals surface area contributed by atoms with E-state index in [1.54, 1.807) is 0 Å². The molecule has 0 aliphatic carbocycles. The molecule has 1 saturated heterocycles. The normalized spacial score (nSPS) is 14.4. The van der Waals surface area contributed by atoms with Gasteiger partial charge in [-0.25, -0.2) is 4.98 Å². The van der Waals surface area contributed by atoms with Crippen LogP contribution in [0.2, 0.25) is 0 Å². The van der Waals surface area contributed by atoms with E-state index in [2.05, 4.69) is 40.2 Å². The molecule has 1 aromatic heterocycles. The van der Waals surface area contributed by atoms with Gasteiger partial charge in [-0.05, 0) is 35.0 Å². The van der Waals surface area contributed by atoms with E-state index in [1.807, 2.05) is 53.4 Å². The van der Waals surface area contributed by atoms with Gasteiger partial charge < -0.3 is 14.7 Å². The van der Waals surface area contributed by atoms with Crippen LogP contribution in [0.3, 0.4) is 0 Å². The third-order valence-corrected chi connectivity index (χ3v) is 5.15. The van der Waals surface area contributed by atoms with Gasteiger partial charge in [0.1, 0.15) is 5.82 Å². The van der Waals surface area contributed by atoms with Gasteiger partial charge in [0.25, 0.3) is 0 Å². The van der Waals surface area contributed by atoms with Crippen LogP contribution in [0, 0.1) is 0 Å². The molecule has 0 unspecified atom stereocenters. The second kappa shape index (κ2) is 7.66. The standard InChI is InChI=1S/C22H24N4O/c1-24(20-10-9-18-6-2-3-7-19(18)16-20)17-22(27)26-14-12-25(13-15-26)21-8-4-5-11-23-21/h2-11,16H,12-15,17H2,1H3. The smallest absolute Gasteiger partial charge is 0.242 e. The third kappa shape index (κ3) is 3.87. The van der Waals surface area contributed by atoms with E-state index in [4.69, 9.17) is 0 Å². The van der Waals surface area contributed by atoms with Crippen molar-refractivity contribution >= 4 is 28.2 Å². The maximum Gasteiger partial charge on any atom is 0.242 e. The molecule has 3 aromatic rings. The molecule has 1 fully saturated rings.